The standard InChI is InChI=1S/C7H12S2Se/c8-2-6-1-7(3-9)5-10-4-6/h1,6,8-9H,2-5H2. The van der Waals surface area contributed by atoms with E-state index in [0.717, 1.165) is 32.4 Å². The minimum atomic E-state index is 0.749. The molecule has 1 atom stereocenters. The molecule has 1 heterocycles. The number of allylic oxidation sites excluding steroid dienone is 1. The van der Waals surface area contributed by atoms with Gasteiger partial charge in [0.15, 0.2) is 0 Å². The van der Waals surface area contributed by atoms with Crippen molar-refractivity contribution in [2.24, 2.45) is 5.92 Å². The van der Waals surface area contributed by atoms with Gasteiger partial charge >= 0.3 is 79.9 Å². The van der Waals surface area contributed by atoms with Crippen molar-refractivity contribution >= 4 is 40.2 Å². The topological polar surface area (TPSA) is 0 Å². The van der Waals surface area contributed by atoms with E-state index in [9.17, 15) is 0 Å². The summed E-state index contributed by atoms with van der Waals surface area (Å²) in [6.07, 6.45) is 2.37. The fourth-order valence-corrected chi connectivity index (χ4v) is 4.46. The average Bonchev–Trinajstić information content (AvgIpc) is 2.05. The molecule has 0 spiro atoms. The maximum atomic E-state index is 4.28. The Morgan fingerprint density at radius 3 is 3.00 bits per heavy atom. The molecule has 1 rings (SSSR count). The van der Waals surface area contributed by atoms with Gasteiger partial charge in [0.05, 0.1) is 0 Å². The van der Waals surface area contributed by atoms with Gasteiger partial charge in [-0.15, -0.1) is 0 Å². The first-order valence-corrected chi connectivity index (χ1v) is 7.04. The first kappa shape index (κ1) is 9.05. The van der Waals surface area contributed by atoms with Crippen LogP contribution in [0.2, 0.25) is 10.6 Å². The average molecular weight is 239 g/mol. The molecule has 0 aromatic rings. The minimum absolute atomic E-state index is 0.749. The van der Waals surface area contributed by atoms with Crippen LogP contribution in [0.3, 0.4) is 0 Å². The summed E-state index contributed by atoms with van der Waals surface area (Å²) >= 11 is 9.38. The number of hydrogen-bond acceptors (Lipinski definition) is 2. The number of rotatable bonds is 2. The molecular weight excluding hydrogens is 227 g/mol. The van der Waals surface area contributed by atoms with Gasteiger partial charge in [-0.2, -0.15) is 0 Å². The monoisotopic (exact) mass is 240 g/mol. The molecule has 0 N–H and O–H groups in total. The van der Waals surface area contributed by atoms with E-state index in [4.69, 9.17) is 0 Å². The van der Waals surface area contributed by atoms with Gasteiger partial charge in [0.25, 0.3) is 0 Å². The summed E-state index contributed by atoms with van der Waals surface area (Å²) in [5, 5.41) is 2.70. The molecule has 0 nitrogen and oxygen atoms in total. The van der Waals surface area contributed by atoms with Crippen LogP contribution < -0.4 is 0 Å². The first-order valence-electron chi connectivity index (χ1n) is 3.36. The van der Waals surface area contributed by atoms with E-state index < -0.39 is 0 Å². The third-order valence-corrected chi connectivity index (χ3v) is 5.00. The molecule has 0 radical (unpaired) electrons. The van der Waals surface area contributed by atoms with Crippen LogP contribution in [0, 0.1) is 5.92 Å². The van der Waals surface area contributed by atoms with E-state index >= 15 is 0 Å². The summed E-state index contributed by atoms with van der Waals surface area (Å²) in [7, 11) is 0. The second-order valence-electron chi connectivity index (χ2n) is 2.44. The van der Waals surface area contributed by atoms with Gasteiger partial charge in [-0.05, 0) is 0 Å². The van der Waals surface area contributed by atoms with Crippen LogP contribution in [-0.2, 0) is 0 Å². The molecule has 3 heteroatoms. The van der Waals surface area contributed by atoms with E-state index in [-0.39, 0.29) is 0 Å². The Morgan fingerprint density at radius 1 is 1.60 bits per heavy atom. The Labute approximate surface area is 79.8 Å². The zero-order valence-corrected chi connectivity index (χ0v) is 9.29. The van der Waals surface area contributed by atoms with E-state index in [1.165, 1.54) is 16.2 Å². The Hall–Kier alpha value is 0.959. The quantitative estimate of drug-likeness (QED) is 0.411. The molecule has 10 heavy (non-hydrogen) atoms. The van der Waals surface area contributed by atoms with Crippen molar-refractivity contribution in [2.45, 2.75) is 10.6 Å². The summed E-state index contributed by atoms with van der Waals surface area (Å²) in [5.41, 5.74) is 1.54. The summed E-state index contributed by atoms with van der Waals surface area (Å²) in [4.78, 5) is 0. The maximum absolute atomic E-state index is 4.28. The molecule has 0 saturated carbocycles. The predicted molar refractivity (Wildman–Crippen MR) is 54.6 cm³/mol. The van der Waals surface area contributed by atoms with E-state index in [1.54, 1.807) is 0 Å². The molecule has 0 saturated heterocycles. The first-order chi connectivity index (χ1) is 4.86. The zero-order chi connectivity index (χ0) is 7.40. The van der Waals surface area contributed by atoms with Gasteiger partial charge in [-0.25, -0.2) is 0 Å². The van der Waals surface area contributed by atoms with Gasteiger partial charge < -0.3 is 0 Å². The van der Waals surface area contributed by atoms with Crippen molar-refractivity contribution < 1.29 is 0 Å². The van der Waals surface area contributed by atoms with Crippen LogP contribution >= 0.6 is 25.3 Å². The Balaban J connectivity index is 2.48. The molecule has 0 fully saturated rings. The van der Waals surface area contributed by atoms with Crippen LogP contribution in [0.4, 0.5) is 0 Å². The number of thiol groups is 2. The fraction of sp³-hybridized carbons (Fsp3) is 0.714. The molecule has 0 aromatic carbocycles. The van der Waals surface area contributed by atoms with Crippen molar-refractivity contribution in [3.8, 4) is 0 Å². The van der Waals surface area contributed by atoms with Crippen LogP contribution in [0.25, 0.3) is 0 Å². The summed E-state index contributed by atoms with van der Waals surface area (Å²) in [6, 6.07) is 0. The van der Waals surface area contributed by atoms with Crippen molar-refractivity contribution in [3.63, 3.8) is 0 Å². The van der Waals surface area contributed by atoms with Gasteiger partial charge in [0, 0.05) is 0 Å². The molecule has 1 aliphatic rings. The second-order valence-corrected chi connectivity index (χ2v) is 5.28. The summed E-state index contributed by atoms with van der Waals surface area (Å²) in [5.74, 6) is 2.71. The van der Waals surface area contributed by atoms with E-state index in [2.05, 4.69) is 31.3 Å². The van der Waals surface area contributed by atoms with Gasteiger partial charge in [-0.1, -0.05) is 0 Å². The van der Waals surface area contributed by atoms with E-state index in [0.29, 0.717) is 0 Å². The normalized spacial score (nSPS) is 26.2. The third-order valence-electron chi connectivity index (χ3n) is 1.53. The van der Waals surface area contributed by atoms with E-state index in [1.807, 2.05) is 0 Å². The molecule has 0 amide bonds. The van der Waals surface area contributed by atoms with Gasteiger partial charge in [0.1, 0.15) is 0 Å². The molecule has 0 aromatic heterocycles. The second kappa shape index (κ2) is 4.76. The van der Waals surface area contributed by atoms with Crippen molar-refractivity contribution in [3.05, 3.63) is 11.6 Å². The molecule has 1 aliphatic heterocycles. The van der Waals surface area contributed by atoms with Gasteiger partial charge in [-0.3, -0.25) is 0 Å². The van der Waals surface area contributed by atoms with Gasteiger partial charge in [0.2, 0.25) is 0 Å². The Bertz CT molecular complexity index is 134. The van der Waals surface area contributed by atoms with Crippen LogP contribution in [0.1, 0.15) is 0 Å². The number of hydrogen-bond donors (Lipinski definition) is 2. The van der Waals surface area contributed by atoms with Crippen LogP contribution in [-0.4, -0.2) is 26.5 Å². The van der Waals surface area contributed by atoms with Crippen molar-refractivity contribution in [1.29, 1.82) is 0 Å². The Kier molecular flexibility index (Phi) is 4.31. The van der Waals surface area contributed by atoms with Crippen molar-refractivity contribution in [2.75, 3.05) is 11.5 Å². The summed E-state index contributed by atoms with van der Waals surface area (Å²) in [6.45, 7) is 0. The molecule has 0 aliphatic carbocycles. The molecular formula is C7H12S2Se. The SMILES string of the molecule is SCC1=CC(CS)C[Se]C1. The molecule has 58 valence electrons. The van der Waals surface area contributed by atoms with Crippen LogP contribution in [0.15, 0.2) is 11.6 Å². The molecule has 0 bridgehead atoms. The zero-order valence-electron chi connectivity index (χ0n) is 5.79. The van der Waals surface area contributed by atoms with Crippen LogP contribution in [0.5, 0.6) is 0 Å². The van der Waals surface area contributed by atoms with Crippen molar-refractivity contribution in [1.82, 2.24) is 0 Å². The fourth-order valence-electron chi connectivity index (χ4n) is 0.975. The third kappa shape index (κ3) is 2.54. The summed E-state index contributed by atoms with van der Waals surface area (Å²) < 4.78 is 0. The molecule has 1 unspecified atom stereocenters. The Morgan fingerprint density at radius 2 is 2.40 bits per heavy atom. The predicted octanol–water partition coefficient (Wildman–Crippen LogP) is 1.94.